The molecule has 1 aromatic heterocycles. The van der Waals surface area contributed by atoms with Gasteiger partial charge in [0.15, 0.2) is 0 Å². The van der Waals surface area contributed by atoms with Gasteiger partial charge in [-0.05, 0) is 12.8 Å². The van der Waals surface area contributed by atoms with Gasteiger partial charge in [-0.3, -0.25) is 10.1 Å². The van der Waals surface area contributed by atoms with Crippen LogP contribution in [0.4, 0.5) is 5.69 Å². The molecule has 13 heavy (non-hydrogen) atoms. The molecule has 0 unspecified atom stereocenters. The highest BCUT2D eigenvalue weighted by atomic mass is 32.1. The van der Waals surface area contributed by atoms with Crippen molar-refractivity contribution in [2.45, 2.75) is 25.4 Å². The number of thiophene rings is 1. The molecule has 0 spiro atoms. The number of hydrogen-bond donors (Lipinski definition) is 1. The van der Waals surface area contributed by atoms with Crippen molar-refractivity contribution in [3.8, 4) is 0 Å². The zero-order chi connectivity index (χ0) is 9.42. The van der Waals surface area contributed by atoms with Crippen molar-refractivity contribution in [3.63, 3.8) is 0 Å². The maximum atomic E-state index is 10.6. The molecule has 0 saturated heterocycles. The van der Waals surface area contributed by atoms with E-state index in [1.54, 1.807) is 0 Å². The van der Waals surface area contributed by atoms with E-state index in [4.69, 9.17) is 5.11 Å². The van der Waals surface area contributed by atoms with Gasteiger partial charge >= 0.3 is 0 Å². The molecule has 1 aromatic rings. The Kier molecular flexibility index (Phi) is 2.05. The summed E-state index contributed by atoms with van der Waals surface area (Å²) < 4.78 is 0. The molecule has 1 saturated carbocycles. The number of rotatable bonds is 3. The first-order valence-corrected chi connectivity index (χ1v) is 4.92. The first-order chi connectivity index (χ1) is 6.22. The normalized spacial score (nSPS) is 16.1. The topological polar surface area (TPSA) is 63.4 Å². The van der Waals surface area contributed by atoms with Crippen molar-refractivity contribution >= 4 is 17.0 Å². The molecule has 1 fully saturated rings. The molecular weight excluding hydrogens is 190 g/mol. The smallest absolute Gasteiger partial charge is 0.283 e. The minimum Gasteiger partial charge on any atom is -0.391 e. The first-order valence-electron chi connectivity index (χ1n) is 4.10. The van der Waals surface area contributed by atoms with E-state index in [1.807, 2.05) is 0 Å². The molecule has 0 aromatic carbocycles. The van der Waals surface area contributed by atoms with Gasteiger partial charge in [-0.1, -0.05) is 0 Å². The molecule has 1 aliphatic rings. The fourth-order valence-corrected chi connectivity index (χ4v) is 2.46. The summed E-state index contributed by atoms with van der Waals surface area (Å²) in [5.41, 5.74) is 0.191. The number of hydrogen-bond acceptors (Lipinski definition) is 4. The van der Waals surface area contributed by atoms with Gasteiger partial charge in [-0.25, -0.2) is 0 Å². The first kappa shape index (κ1) is 8.65. The Bertz CT molecular complexity index is 343. The lowest BCUT2D eigenvalue weighted by molar-refractivity contribution is -0.385. The minimum absolute atomic E-state index is 0.0990. The monoisotopic (exact) mass is 199 g/mol. The van der Waals surface area contributed by atoms with Crippen molar-refractivity contribution in [3.05, 3.63) is 25.9 Å². The van der Waals surface area contributed by atoms with Crippen LogP contribution in [0, 0.1) is 10.1 Å². The van der Waals surface area contributed by atoms with E-state index < -0.39 is 0 Å². The van der Waals surface area contributed by atoms with Crippen LogP contribution in [0.1, 0.15) is 28.5 Å². The van der Waals surface area contributed by atoms with Crippen molar-refractivity contribution in [1.82, 2.24) is 0 Å². The van der Waals surface area contributed by atoms with E-state index in [9.17, 15) is 10.1 Å². The van der Waals surface area contributed by atoms with Gasteiger partial charge in [0, 0.05) is 16.9 Å². The van der Waals surface area contributed by atoms with Crippen LogP contribution in [0.25, 0.3) is 0 Å². The molecular formula is C8H9NO3S. The van der Waals surface area contributed by atoms with Crippen molar-refractivity contribution in [1.29, 1.82) is 0 Å². The SMILES string of the molecule is O=[N+]([O-])c1cc(CO)sc1C1CC1. The summed E-state index contributed by atoms with van der Waals surface area (Å²) in [7, 11) is 0. The molecule has 2 rings (SSSR count). The zero-order valence-electron chi connectivity index (χ0n) is 6.90. The van der Waals surface area contributed by atoms with Crippen LogP contribution < -0.4 is 0 Å². The number of nitro groups is 1. The molecule has 70 valence electrons. The average Bonchev–Trinajstić information content (AvgIpc) is 2.84. The Morgan fingerprint density at radius 3 is 2.85 bits per heavy atom. The van der Waals surface area contributed by atoms with Gasteiger partial charge < -0.3 is 5.11 Å². The second-order valence-corrected chi connectivity index (χ2v) is 4.32. The largest absolute Gasteiger partial charge is 0.391 e. The molecule has 0 aliphatic heterocycles. The van der Waals surface area contributed by atoms with Gasteiger partial charge in [-0.15, -0.1) is 11.3 Å². The quantitative estimate of drug-likeness (QED) is 0.598. The van der Waals surface area contributed by atoms with Gasteiger partial charge in [0.25, 0.3) is 5.69 Å². The molecule has 4 nitrogen and oxygen atoms in total. The summed E-state index contributed by atoms with van der Waals surface area (Å²) in [4.78, 5) is 11.8. The molecule has 0 atom stereocenters. The number of nitrogens with zero attached hydrogens (tertiary/aromatic N) is 1. The standard InChI is InChI=1S/C8H9NO3S/c10-4-6-3-7(9(11)12)8(13-6)5-1-2-5/h3,5,10H,1-2,4H2. The van der Waals surface area contributed by atoms with Crippen molar-refractivity contribution in [2.75, 3.05) is 0 Å². The summed E-state index contributed by atoms with van der Waals surface area (Å²) in [6, 6.07) is 1.48. The molecule has 1 N–H and O–H groups in total. The summed E-state index contributed by atoms with van der Waals surface area (Å²) in [5.74, 6) is 0.380. The Morgan fingerprint density at radius 1 is 1.69 bits per heavy atom. The summed E-state index contributed by atoms with van der Waals surface area (Å²) >= 11 is 1.37. The zero-order valence-corrected chi connectivity index (χ0v) is 7.71. The Balaban J connectivity index is 2.39. The van der Waals surface area contributed by atoms with Crippen LogP contribution in [-0.4, -0.2) is 10.0 Å². The van der Waals surface area contributed by atoms with E-state index in [2.05, 4.69) is 0 Å². The molecule has 0 radical (unpaired) electrons. The lowest BCUT2D eigenvalue weighted by Crippen LogP contribution is -1.88. The van der Waals surface area contributed by atoms with Crippen LogP contribution >= 0.6 is 11.3 Å². The Morgan fingerprint density at radius 2 is 2.38 bits per heavy atom. The number of aliphatic hydroxyl groups excluding tert-OH is 1. The highest BCUT2D eigenvalue weighted by Crippen LogP contribution is 2.48. The fourth-order valence-electron chi connectivity index (χ4n) is 1.31. The maximum absolute atomic E-state index is 10.6. The van der Waals surface area contributed by atoms with E-state index in [0.717, 1.165) is 17.7 Å². The Labute approximate surface area is 79.0 Å². The van der Waals surface area contributed by atoms with Crippen LogP contribution in [0.3, 0.4) is 0 Å². The average molecular weight is 199 g/mol. The van der Waals surface area contributed by atoms with Crippen LogP contribution in [-0.2, 0) is 6.61 Å². The maximum Gasteiger partial charge on any atom is 0.283 e. The van der Waals surface area contributed by atoms with E-state index >= 15 is 0 Å². The lowest BCUT2D eigenvalue weighted by atomic mass is 10.3. The van der Waals surface area contributed by atoms with E-state index in [0.29, 0.717) is 10.8 Å². The van der Waals surface area contributed by atoms with Crippen molar-refractivity contribution < 1.29 is 10.0 Å². The third kappa shape index (κ3) is 1.57. The second kappa shape index (κ2) is 3.08. The third-order valence-electron chi connectivity index (χ3n) is 2.09. The highest BCUT2D eigenvalue weighted by molar-refractivity contribution is 7.12. The summed E-state index contributed by atoms with van der Waals surface area (Å²) in [5, 5.41) is 19.5. The molecule has 1 heterocycles. The van der Waals surface area contributed by atoms with Crippen LogP contribution in [0.2, 0.25) is 0 Å². The van der Waals surface area contributed by atoms with Crippen LogP contribution in [0.5, 0.6) is 0 Å². The third-order valence-corrected chi connectivity index (χ3v) is 3.36. The molecule has 5 heteroatoms. The highest BCUT2D eigenvalue weighted by Gasteiger charge is 2.33. The van der Waals surface area contributed by atoms with E-state index in [1.165, 1.54) is 17.4 Å². The van der Waals surface area contributed by atoms with Gasteiger partial charge in [-0.2, -0.15) is 0 Å². The van der Waals surface area contributed by atoms with Crippen LogP contribution in [0.15, 0.2) is 6.07 Å². The van der Waals surface area contributed by atoms with E-state index in [-0.39, 0.29) is 17.2 Å². The fraction of sp³-hybridized carbons (Fsp3) is 0.500. The molecule has 0 bridgehead atoms. The molecule has 1 aliphatic carbocycles. The van der Waals surface area contributed by atoms with Crippen molar-refractivity contribution in [2.24, 2.45) is 0 Å². The minimum atomic E-state index is -0.358. The van der Waals surface area contributed by atoms with Gasteiger partial charge in [0.1, 0.15) is 0 Å². The summed E-state index contributed by atoms with van der Waals surface area (Å²) in [6.45, 7) is -0.0990. The predicted molar refractivity (Wildman–Crippen MR) is 48.9 cm³/mol. The summed E-state index contributed by atoms with van der Waals surface area (Å²) in [6.07, 6.45) is 2.10. The number of aliphatic hydroxyl groups is 1. The molecule has 0 amide bonds. The second-order valence-electron chi connectivity index (χ2n) is 3.15. The lowest BCUT2D eigenvalue weighted by Gasteiger charge is -1.90. The van der Waals surface area contributed by atoms with Gasteiger partial charge in [0.05, 0.1) is 16.4 Å². The van der Waals surface area contributed by atoms with Gasteiger partial charge in [0.2, 0.25) is 0 Å². The Hall–Kier alpha value is -0.940. The predicted octanol–water partition coefficient (Wildman–Crippen LogP) is 2.03.